The molecular weight excluding hydrogens is 302 g/mol. The van der Waals surface area contributed by atoms with Crippen LogP contribution in [0.4, 0.5) is 11.9 Å². The number of aromatic nitrogens is 3. The Bertz CT molecular complexity index is 684. The van der Waals surface area contributed by atoms with E-state index in [9.17, 15) is 4.79 Å². The molecule has 2 rings (SSSR count). The molecule has 0 aliphatic carbocycles. The first-order chi connectivity index (χ1) is 10.4. The minimum Gasteiger partial charge on any atom is -0.453 e. The van der Waals surface area contributed by atoms with Gasteiger partial charge in [0.15, 0.2) is 12.4 Å². The molecule has 0 spiro atoms. The van der Waals surface area contributed by atoms with Gasteiger partial charge >= 0.3 is 5.97 Å². The first kappa shape index (κ1) is 16.2. The monoisotopic (exact) mass is 321 g/mol. The summed E-state index contributed by atoms with van der Waals surface area (Å²) in [5.41, 5.74) is 6.79. The van der Waals surface area contributed by atoms with Gasteiger partial charge in [-0.3, -0.25) is 0 Å². The van der Waals surface area contributed by atoms with Gasteiger partial charge in [-0.15, -0.1) is 11.3 Å². The summed E-state index contributed by atoms with van der Waals surface area (Å²) in [6.45, 7) is 4.02. The largest absolute Gasteiger partial charge is 0.453 e. The van der Waals surface area contributed by atoms with Crippen LogP contribution in [0.3, 0.4) is 0 Å². The fourth-order valence-corrected chi connectivity index (χ4v) is 2.87. The Labute approximate surface area is 133 Å². The van der Waals surface area contributed by atoms with E-state index >= 15 is 0 Å². The second-order valence-electron chi connectivity index (χ2n) is 4.93. The summed E-state index contributed by atoms with van der Waals surface area (Å²) in [5.74, 6) is 0.482. The van der Waals surface area contributed by atoms with Crippen molar-refractivity contribution in [3.05, 3.63) is 27.2 Å². The summed E-state index contributed by atoms with van der Waals surface area (Å²) in [5, 5.41) is 0. The van der Waals surface area contributed by atoms with Gasteiger partial charge in [-0.1, -0.05) is 6.92 Å². The molecule has 0 atom stereocenters. The number of carbonyl (C=O) groups is 1. The lowest BCUT2D eigenvalue weighted by molar-refractivity contribution is 0.0468. The van der Waals surface area contributed by atoms with E-state index in [0.717, 1.165) is 16.9 Å². The third kappa shape index (κ3) is 3.70. The first-order valence-corrected chi connectivity index (χ1v) is 7.66. The van der Waals surface area contributed by atoms with E-state index in [2.05, 4.69) is 21.9 Å². The SMILES string of the molecule is CCc1cc(C(=O)OCc2nc(N)nc(N(C)C)n2)sc1C. The predicted octanol–water partition coefficient (Wildman–Crippen LogP) is 1.81. The molecule has 7 nitrogen and oxygen atoms in total. The number of rotatable bonds is 5. The van der Waals surface area contributed by atoms with Crippen LogP contribution in [0.5, 0.6) is 0 Å². The number of thiophene rings is 1. The maximum atomic E-state index is 12.1. The number of nitrogens with zero attached hydrogens (tertiary/aromatic N) is 4. The summed E-state index contributed by atoms with van der Waals surface area (Å²) in [6.07, 6.45) is 0.895. The Kier molecular flexibility index (Phi) is 4.92. The molecular formula is C14H19N5O2S. The van der Waals surface area contributed by atoms with Gasteiger partial charge in [-0.25, -0.2) is 4.79 Å². The van der Waals surface area contributed by atoms with Crippen molar-refractivity contribution in [3.8, 4) is 0 Å². The molecule has 22 heavy (non-hydrogen) atoms. The molecule has 2 N–H and O–H groups in total. The Morgan fingerprint density at radius 1 is 1.36 bits per heavy atom. The molecule has 0 saturated heterocycles. The fourth-order valence-electron chi connectivity index (χ4n) is 1.86. The van der Waals surface area contributed by atoms with Gasteiger partial charge in [0.2, 0.25) is 11.9 Å². The van der Waals surface area contributed by atoms with Crippen molar-refractivity contribution in [2.45, 2.75) is 26.9 Å². The molecule has 8 heteroatoms. The highest BCUT2D eigenvalue weighted by molar-refractivity contribution is 7.14. The number of anilines is 2. The van der Waals surface area contributed by atoms with E-state index < -0.39 is 0 Å². The molecule has 118 valence electrons. The van der Waals surface area contributed by atoms with Gasteiger partial charge in [0.1, 0.15) is 4.88 Å². The zero-order valence-electron chi connectivity index (χ0n) is 13.1. The van der Waals surface area contributed by atoms with Crippen LogP contribution in [-0.2, 0) is 17.8 Å². The summed E-state index contributed by atoms with van der Waals surface area (Å²) in [6, 6.07) is 1.87. The number of aryl methyl sites for hydroxylation is 2. The number of ether oxygens (including phenoxy) is 1. The molecule has 2 heterocycles. The van der Waals surface area contributed by atoms with Crippen LogP contribution in [0.1, 0.15) is 32.9 Å². The number of nitrogens with two attached hydrogens (primary N) is 1. The molecule has 0 aliphatic heterocycles. The van der Waals surface area contributed by atoms with Crippen molar-refractivity contribution in [2.75, 3.05) is 24.7 Å². The standard InChI is InChI=1S/C14H19N5O2S/c1-5-9-6-10(22-8(9)2)12(20)21-7-11-16-13(15)18-14(17-11)19(3)4/h6H,5,7H2,1-4H3,(H2,15,16,17,18). The maximum Gasteiger partial charge on any atom is 0.348 e. The van der Waals surface area contributed by atoms with Crippen molar-refractivity contribution in [1.29, 1.82) is 0 Å². The van der Waals surface area contributed by atoms with Gasteiger partial charge in [-0.05, 0) is 25.0 Å². The Balaban J connectivity index is 2.07. The van der Waals surface area contributed by atoms with Crippen LogP contribution in [-0.4, -0.2) is 35.0 Å². The maximum absolute atomic E-state index is 12.1. The van der Waals surface area contributed by atoms with Crippen molar-refractivity contribution < 1.29 is 9.53 Å². The predicted molar refractivity (Wildman–Crippen MR) is 86.1 cm³/mol. The molecule has 0 aromatic carbocycles. The Morgan fingerprint density at radius 2 is 2.09 bits per heavy atom. The van der Waals surface area contributed by atoms with Crippen molar-refractivity contribution in [1.82, 2.24) is 15.0 Å². The van der Waals surface area contributed by atoms with E-state index in [1.165, 1.54) is 11.3 Å². The smallest absolute Gasteiger partial charge is 0.348 e. The van der Waals surface area contributed by atoms with Gasteiger partial charge in [0.05, 0.1) is 0 Å². The van der Waals surface area contributed by atoms with Crippen molar-refractivity contribution in [2.24, 2.45) is 0 Å². The van der Waals surface area contributed by atoms with Crippen LogP contribution >= 0.6 is 11.3 Å². The topological polar surface area (TPSA) is 94.2 Å². The number of hydrogen-bond donors (Lipinski definition) is 1. The summed E-state index contributed by atoms with van der Waals surface area (Å²) in [7, 11) is 3.59. The van der Waals surface area contributed by atoms with Gasteiger partial charge < -0.3 is 15.4 Å². The van der Waals surface area contributed by atoms with Crippen LogP contribution in [0.25, 0.3) is 0 Å². The van der Waals surface area contributed by atoms with Crippen LogP contribution in [0, 0.1) is 6.92 Å². The molecule has 0 amide bonds. The molecule has 2 aromatic heterocycles. The van der Waals surface area contributed by atoms with E-state index in [1.807, 2.05) is 13.0 Å². The Hall–Kier alpha value is -2.22. The number of esters is 1. The van der Waals surface area contributed by atoms with Gasteiger partial charge in [-0.2, -0.15) is 15.0 Å². The molecule has 0 radical (unpaired) electrons. The number of nitrogen functional groups attached to an aromatic ring is 1. The second-order valence-corrected chi connectivity index (χ2v) is 6.18. The zero-order chi connectivity index (χ0) is 16.3. The third-order valence-electron chi connectivity index (χ3n) is 3.02. The number of carbonyl (C=O) groups excluding carboxylic acids is 1. The van der Waals surface area contributed by atoms with E-state index in [0.29, 0.717) is 16.6 Å². The van der Waals surface area contributed by atoms with Gasteiger partial charge in [0.25, 0.3) is 0 Å². The first-order valence-electron chi connectivity index (χ1n) is 6.85. The molecule has 0 saturated carbocycles. The van der Waals surface area contributed by atoms with Crippen LogP contribution in [0.2, 0.25) is 0 Å². The minimum absolute atomic E-state index is 0.0369. The average Bonchev–Trinajstić information content (AvgIpc) is 2.85. The third-order valence-corrected chi connectivity index (χ3v) is 4.10. The number of hydrogen-bond acceptors (Lipinski definition) is 8. The zero-order valence-corrected chi connectivity index (χ0v) is 13.9. The highest BCUT2D eigenvalue weighted by Gasteiger charge is 2.14. The summed E-state index contributed by atoms with van der Waals surface area (Å²) >= 11 is 1.43. The molecule has 0 unspecified atom stereocenters. The van der Waals surface area contributed by atoms with Crippen molar-refractivity contribution in [3.63, 3.8) is 0 Å². The Morgan fingerprint density at radius 3 is 2.68 bits per heavy atom. The minimum atomic E-state index is -0.377. The summed E-state index contributed by atoms with van der Waals surface area (Å²) in [4.78, 5) is 27.7. The molecule has 0 bridgehead atoms. The lowest BCUT2D eigenvalue weighted by atomic mass is 10.2. The highest BCUT2D eigenvalue weighted by Crippen LogP contribution is 2.23. The second kappa shape index (κ2) is 6.69. The molecule has 2 aromatic rings. The van der Waals surface area contributed by atoms with Crippen LogP contribution in [0.15, 0.2) is 6.07 Å². The van der Waals surface area contributed by atoms with Crippen LogP contribution < -0.4 is 10.6 Å². The lowest BCUT2D eigenvalue weighted by Gasteiger charge is -2.11. The average molecular weight is 321 g/mol. The van der Waals surface area contributed by atoms with Gasteiger partial charge in [0, 0.05) is 19.0 Å². The quantitative estimate of drug-likeness (QED) is 0.839. The van der Waals surface area contributed by atoms with E-state index in [1.54, 1.807) is 19.0 Å². The fraction of sp³-hybridized carbons (Fsp3) is 0.429. The lowest BCUT2D eigenvalue weighted by Crippen LogP contribution is -2.17. The van der Waals surface area contributed by atoms with Crippen molar-refractivity contribution >= 4 is 29.2 Å². The van der Waals surface area contributed by atoms with E-state index in [4.69, 9.17) is 10.5 Å². The van der Waals surface area contributed by atoms with E-state index in [-0.39, 0.29) is 18.5 Å². The summed E-state index contributed by atoms with van der Waals surface area (Å²) < 4.78 is 5.26. The molecule has 0 aliphatic rings. The normalized spacial score (nSPS) is 10.5. The highest BCUT2D eigenvalue weighted by atomic mass is 32.1. The molecule has 0 fully saturated rings.